The highest BCUT2D eigenvalue weighted by Gasteiger charge is 2.20. The van der Waals surface area contributed by atoms with E-state index < -0.39 is 17.1 Å². The van der Waals surface area contributed by atoms with Gasteiger partial charge >= 0.3 is 12.2 Å². The highest BCUT2D eigenvalue weighted by molar-refractivity contribution is 5.80. The number of ether oxygens (including phenoxy) is 2. The molecule has 0 radical (unpaired) electrons. The molecule has 0 aliphatic heterocycles. The number of rotatable bonds is 13. The minimum atomic E-state index is -0.908. The zero-order valence-electron chi connectivity index (χ0n) is 19.9. The number of nitrogens with two attached hydrogens (primary N) is 1. The lowest BCUT2D eigenvalue weighted by atomic mass is 9.85. The van der Waals surface area contributed by atoms with Crippen LogP contribution in [0, 0.1) is 22.0 Å². The molecule has 2 atom stereocenters. The standard InChI is InChI=1S/C25H31N3O7/c1-17(18(2)23(29)5-3-4-14-27-24(26)30)15-19-6-8-20(9-7-19)16-34-25(31)35-22-12-10-21(11-13-22)28(32)33/h6-13,17-18H,3-5,14-16H2,1-2H3,(H3,26,27,30). The van der Waals surface area contributed by atoms with Gasteiger partial charge in [0, 0.05) is 31.0 Å². The first-order valence-corrected chi connectivity index (χ1v) is 11.4. The molecule has 2 rings (SSSR count). The summed E-state index contributed by atoms with van der Waals surface area (Å²) in [5.74, 6) is 0.422. The van der Waals surface area contributed by atoms with Crippen molar-refractivity contribution in [2.75, 3.05) is 6.54 Å². The van der Waals surface area contributed by atoms with E-state index in [0.29, 0.717) is 25.8 Å². The summed E-state index contributed by atoms with van der Waals surface area (Å²) in [7, 11) is 0. The van der Waals surface area contributed by atoms with Gasteiger partial charge in [-0.2, -0.15) is 0 Å². The summed E-state index contributed by atoms with van der Waals surface area (Å²) < 4.78 is 10.1. The fraction of sp³-hybridized carbons (Fsp3) is 0.400. The Morgan fingerprint density at radius 1 is 1.00 bits per heavy atom. The van der Waals surface area contributed by atoms with Crippen molar-refractivity contribution >= 4 is 23.7 Å². The number of hydrogen-bond donors (Lipinski definition) is 2. The van der Waals surface area contributed by atoms with E-state index >= 15 is 0 Å². The Kier molecular flexibility index (Phi) is 10.7. The molecule has 0 aliphatic carbocycles. The molecule has 0 aliphatic rings. The van der Waals surface area contributed by atoms with Gasteiger partial charge in [0.1, 0.15) is 18.1 Å². The molecule has 2 unspecified atom stereocenters. The summed E-state index contributed by atoms with van der Waals surface area (Å²) in [4.78, 5) is 45.1. The van der Waals surface area contributed by atoms with Gasteiger partial charge in [0.05, 0.1) is 4.92 Å². The van der Waals surface area contributed by atoms with Gasteiger partial charge in [-0.1, -0.05) is 38.1 Å². The van der Waals surface area contributed by atoms with Crippen molar-refractivity contribution in [1.29, 1.82) is 0 Å². The van der Waals surface area contributed by atoms with Crippen molar-refractivity contribution in [2.24, 2.45) is 17.6 Å². The summed E-state index contributed by atoms with van der Waals surface area (Å²) in [6, 6.07) is 12.1. The number of hydrogen-bond acceptors (Lipinski definition) is 7. The van der Waals surface area contributed by atoms with E-state index in [2.05, 4.69) is 5.32 Å². The smallest absolute Gasteiger partial charge is 0.429 e. The van der Waals surface area contributed by atoms with Crippen LogP contribution in [0.1, 0.15) is 44.2 Å². The normalized spacial score (nSPS) is 12.3. The highest BCUT2D eigenvalue weighted by Crippen LogP contribution is 2.21. The van der Waals surface area contributed by atoms with Crippen LogP contribution in [0.2, 0.25) is 0 Å². The van der Waals surface area contributed by atoms with Crippen LogP contribution in [0.5, 0.6) is 5.75 Å². The maximum absolute atomic E-state index is 12.5. The van der Waals surface area contributed by atoms with Crippen molar-refractivity contribution < 1.29 is 28.8 Å². The maximum atomic E-state index is 12.5. The lowest BCUT2D eigenvalue weighted by molar-refractivity contribution is -0.384. The molecule has 0 heterocycles. The molecule has 35 heavy (non-hydrogen) atoms. The fourth-order valence-corrected chi connectivity index (χ4v) is 3.40. The third kappa shape index (κ3) is 9.83. The predicted molar refractivity (Wildman–Crippen MR) is 129 cm³/mol. The Balaban J connectivity index is 1.74. The fourth-order valence-electron chi connectivity index (χ4n) is 3.40. The van der Waals surface area contributed by atoms with Gasteiger partial charge in [-0.15, -0.1) is 0 Å². The number of unbranched alkanes of at least 4 members (excludes halogenated alkanes) is 1. The quantitative estimate of drug-likeness (QED) is 0.139. The van der Waals surface area contributed by atoms with Crippen LogP contribution in [-0.2, 0) is 22.6 Å². The predicted octanol–water partition coefficient (Wildman–Crippen LogP) is 4.53. The Hall–Kier alpha value is -3.95. The summed E-state index contributed by atoms with van der Waals surface area (Å²) in [5.41, 5.74) is 6.75. The lowest BCUT2D eigenvalue weighted by Gasteiger charge is -2.19. The molecule has 0 saturated heterocycles. The van der Waals surface area contributed by atoms with Gasteiger partial charge in [-0.3, -0.25) is 14.9 Å². The number of primary amides is 1. The van der Waals surface area contributed by atoms with Gasteiger partial charge in [0.2, 0.25) is 0 Å². The van der Waals surface area contributed by atoms with E-state index in [4.69, 9.17) is 15.2 Å². The molecule has 2 aromatic carbocycles. The zero-order chi connectivity index (χ0) is 25.8. The van der Waals surface area contributed by atoms with Gasteiger partial charge in [0.15, 0.2) is 0 Å². The number of urea groups is 1. The SMILES string of the molecule is CC(Cc1ccc(COC(=O)Oc2ccc([N+](=O)[O-])cc2)cc1)C(C)C(=O)CCCCNC(N)=O. The molecule has 188 valence electrons. The Labute approximate surface area is 203 Å². The number of nitrogens with one attached hydrogen (secondary N) is 1. The third-order valence-corrected chi connectivity index (χ3v) is 5.70. The van der Waals surface area contributed by atoms with E-state index in [-0.39, 0.29) is 35.7 Å². The molecular formula is C25H31N3O7. The molecule has 0 spiro atoms. The second-order valence-corrected chi connectivity index (χ2v) is 8.39. The molecule has 10 nitrogen and oxygen atoms in total. The summed E-state index contributed by atoms with van der Waals surface area (Å²) in [6.07, 6.45) is 1.71. The largest absolute Gasteiger partial charge is 0.514 e. The number of non-ortho nitro benzene ring substituents is 1. The lowest BCUT2D eigenvalue weighted by Crippen LogP contribution is -2.30. The minimum Gasteiger partial charge on any atom is -0.429 e. The molecule has 0 fully saturated rings. The van der Waals surface area contributed by atoms with Crippen molar-refractivity contribution in [3.05, 3.63) is 69.8 Å². The van der Waals surface area contributed by atoms with Gasteiger partial charge in [-0.25, -0.2) is 9.59 Å². The zero-order valence-corrected chi connectivity index (χ0v) is 19.9. The molecule has 0 bridgehead atoms. The van der Waals surface area contributed by atoms with E-state index in [1.807, 2.05) is 38.1 Å². The Bertz CT molecular complexity index is 1010. The van der Waals surface area contributed by atoms with Crippen LogP contribution >= 0.6 is 0 Å². The Morgan fingerprint density at radius 3 is 2.23 bits per heavy atom. The topological polar surface area (TPSA) is 151 Å². The minimum absolute atomic E-state index is 0.0150. The Morgan fingerprint density at radius 2 is 1.63 bits per heavy atom. The average molecular weight is 486 g/mol. The van der Waals surface area contributed by atoms with Crippen molar-refractivity contribution in [1.82, 2.24) is 5.32 Å². The van der Waals surface area contributed by atoms with Crippen LogP contribution in [-0.4, -0.2) is 29.4 Å². The number of Topliss-reactive ketones (excluding diaryl/α,β-unsaturated/α-hetero) is 1. The van der Waals surface area contributed by atoms with Gasteiger partial charge in [0.25, 0.3) is 5.69 Å². The van der Waals surface area contributed by atoms with E-state index in [1.165, 1.54) is 24.3 Å². The van der Waals surface area contributed by atoms with Gasteiger partial charge < -0.3 is 20.5 Å². The van der Waals surface area contributed by atoms with Crippen LogP contribution < -0.4 is 15.8 Å². The number of nitrogens with zero attached hydrogens (tertiary/aromatic N) is 1. The van der Waals surface area contributed by atoms with E-state index in [9.17, 15) is 24.5 Å². The van der Waals surface area contributed by atoms with Crippen molar-refractivity contribution in [2.45, 2.75) is 46.1 Å². The van der Waals surface area contributed by atoms with Crippen LogP contribution in [0.3, 0.4) is 0 Å². The van der Waals surface area contributed by atoms with E-state index in [0.717, 1.165) is 17.5 Å². The number of carbonyl (C=O) groups is 3. The molecule has 10 heteroatoms. The molecule has 0 saturated carbocycles. The summed E-state index contributed by atoms with van der Waals surface area (Å²) >= 11 is 0. The molecular weight excluding hydrogens is 454 g/mol. The first-order valence-electron chi connectivity index (χ1n) is 11.4. The highest BCUT2D eigenvalue weighted by atomic mass is 16.7. The number of benzene rings is 2. The van der Waals surface area contributed by atoms with Crippen LogP contribution in [0.25, 0.3) is 0 Å². The molecule has 0 aromatic heterocycles. The van der Waals surface area contributed by atoms with Crippen molar-refractivity contribution in [3.8, 4) is 5.75 Å². The second-order valence-electron chi connectivity index (χ2n) is 8.39. The monoisotopic (exact) mass is 485 g/mol. The number of carbonyl (C=O) groups excluding carboxylic acids is 3. The number of nitro benzene ring substituents is 1. The first kappa shape index (κ1) is 27.3. The second kappa shape index (κ2) is 13.7. The van der Waals surface area contributed by atoms with Gasteiger partial charge in [-0.05, 0) is 48.4 Å². The van der Waals surface area contributed by atoms with Crippen LogP contribution in [0.15, 0.2) is 48.5 Å². The molecule has 2 aromatic rings. The van der Waals surface area contributed by atoms with Crippen molar-refractivity contribution in [3.63, 3.8) is 0 Å². The summed E-state index contributed by atoms with van der Waals surface area (Å²) in [5, 5.41) is 13.2. The number of amides is 2. The molecule has 3 N–H and O–H groups in total. The first-order chi connectivity index (χ1) is 16.7. The molecule has 2 amide bonds. The number of nitro groups is 1. The number of ketones is 1. The average Bonchev–Trinajstić information content (AvgIpc) is 2.82. The van der Waals surface area contributed by atoms with Crippen LogP contribution in [0.4, 0.5) is 15.3 Å². The third-order valence-electron chi connectivity index (χ3n) is 5.70. The summed E-state index contributed by atoms with van der Waals surface area (Å²) in [6.45, 7) is 4.47. The van der Waals surface area contributed by atoms with E-state index in [1.54, 1.807) is 0 Å². The maximum Gasteiger partial charge on any atom is 0.514 e.